The van der Waals surface area contributed by atoms with Crippen LogP contribution >= 0.6 is 0 Å². The molecule has 0 aliphatic carbocycles. The highest BCUT2D eigenvalue weighted by molar-refractivity contribution is 5.74. The Bertz CT molecular complexity index is 1370. The molecule has 5 rings (SSSR count). The molecule has 2 N–H and O–H groups in total. The summed E-state index contributed by atoms with van der Waals surface area (Å²) in [4.78, 5) is 21.3. The Morgan fingerprint density at radius 3 is 2.51 bits per heavy atom. The maximum absolute atomic E-state index is 13.5. The lowest BCUT2D eigenvalue weighted by Gasteiger charge is -2.13. The summed E-state index contributed by atoms with van der Waals surface area (Å²) in [5.74, 6) is 0.838. The quantitative estimate of drug-likeness (QED) is 0.334. The first kappa shape index (κ1) is 22.1. The number of benzene rings is 2. The average molecular weight is 468 g/mol. The highest BCUT2D eigenvalue weighted by Crippen LogP contribution is 2.26. The lowest BCUT2D eigenvalue weighted by molar-refractivity contribution is 0.625. The van der Waals surface area contributed by atoms with Crippen molar-refractivity contribution in [3.63, 3.8) is 0 Å². The van der Waals surface area contributed by atoms with Gasteiger partial charge in [0.2, 0.25) is 5.95 Å². The van der Waals surface area contributed by atoms with E-state index in [0.717, 1.165) is 27.9 Å². The zero-order valence-corrected chi connectivity index (χ0v) is 18.7. The van der Waals surface area contributed by atoms with E-state index in [1.807, 2.05) is 30.3 Å². The predicted molar refractivity (Wildman–Crippen MR) is 131 cm³/mol. The van der Waals surface area contributed by atoms with E-state index >= 15 is 0 Å². The summed E-state index contributed by atoms with van der Waals surface area (Å²) < 4.78 is 15.3. The number of halogens is 1. The van der Waals surface area contributed by atoms with Crippen LogP contribution in [0, 0.1) is 5.82 Å². The zero-order chi connectivity index (χ0) is 23.9. The van der Waals surface area contributed by atoms with Gasteiger partial charge in [-0.05, 0) is 41.8 Å². The molecular weight excluding hydrogens is 445 g/mol. The summed E-state index contributed by atoms with van der Waals surface area (Å²) in [7, 11) is 0. The summed E-state index contributed by atoms with van der Waals surface area (Å²) in [6, 6.07) is 14.5. The first-order chi connectivity index (χ1) is 17.2. The van der Waals surface area contributed by atoms with E-state index < -0.39 is 0 Å². The Morgan fingerprint density at radius 2 is 1.74 bits per heavy atom. The Labute approximate surface area is 201 Å². The molecule has 5 aromatic rings. The number of aromatic nitrogens is 7. The maximum atomic E-state index is 13.5. The summed E-state index contributed by atoms with van der Waals surface area (Å²) in [6.45, 7) is 1.21. The molecule has 0 amide bonds. The second-order valence-electron chi connectivity index (χ2n) is 7.80. The first-order valence-corrected chi connectivity index (χ1v) is 11.0. The number of nitrogens with one attached hydrogen (secondary N) is 2. The van der Waals surface area contributed by atoms with Crippen LogP contribution in [0.3, 0.4) is 0 Å². The molecule has 0 unspecified atom stereocenters. The highest BCUT2D eigenvalue weighted by atomic mass is 19.1. The molecular formula is C25H22FN9. The molecule has 10 heteroatoms. The standard InChI is InChI=1S/C25H22FN9/c26-21-3-1-2-18(10-21)8-9-30-24-23(20-11-27-15-28-12-20)13-31-25(34-24)33-22-6-4-19(5-7-22)14-35-17-29-16-32-35/h1-7,10-13,15-17H,8-9,14H2,(H2,30,31,33,34). The second-order valence-corrected chi connectivity index (χ2v) is 7.80. The smallest absolute Gasteiger partial charge is 0.229 e. The molecule has 174 valence electrons. The molecule has 0 atom stereocenters. The average Bonchev–Trinajstić information content (AvgIpc) is 3.39. The Hall–Kier alpha value is -4.73. The Balaban J connectivity index is 1.32. The SMILES string of the molecule is Fc1cccc(CCNc2nc(Nc3ccc(Cn4cncn4)cc3)ncc2-c2cncnc2)c1. The third-order valence-corrected chi connectivity index (χ3v) is 5.28. The van der Waals surface area contributed by atoms with Crippen molar-refractivity contribution in [2.45, 2.75) is 13.0 Å². The van der Waals surface area contributed by atoms with Crippen LogP contribution in [0.15, 0.2) is 86.1 Å². The number of rotatable bonds is 9. The van der Waals surface area contributed by atoms with Crippen molar-refractivity contribution in [3.8, 4) is 11.1 Å². The summed E-state index contributed by atoms with van der Waals surface area (Å²) in [6.07, 6.45) is 10.5. The topological polar surface area (TPSA) is 106 Å². The fourth-order valence-corrected chi connectivity index (χ4v) is 3.57. The van der Waals surface area contributed by atoms with Gasteiger partial charge in [-0.1, -0.05) is 24.3 Å². The lowest BCUT2D eigenvalue weighted by Crippen LogP contribution is -2.10. The molecule has 0 aliphatic heterocycles. The van der Waals surface area contributed by atoms with Crippen LogP contribution < -0.4 is 10.6 Å². The van der Waals surface area contributed by atoms with Crippen molar-refractivity contribution >= 4 is 17.5 Å². The van der Waals surface area contributed by atoms with Crippen LogP contribution in [0.5, 0.6) is 0 Å². The molecule has 2 aromatic carbocycles. The molecule has 3 heterocycles. The van der Waals surface area contributed by atoms with Crippen molar-refractivity contribution < 1.29 is 4.39 Å². The third-order valence-electron chi connectivity index (χ3n) is 5.28. The van der Waals surface area contributed by atoms with Crippen molar-refractivity contribution in [3.05, 3.63) is 103 Å². The lowest BCUT2D eigenvalue weighted by atomic mass is 10.1. The van der Waals surface area contributed by atoms with Crippen LogP contribution in [0.4, 0.5) is 21.8 Å². The summed E-state index contributed by atoms with van der Waals surface area (Å²) >= 11 is 0. The molecule has 9 nitrogen and oxygen atoms in total. The van der Waals surface area contributed by atoms with Crippen LogP contribution in [-0.4, -0.2) is 41.2 Å². The second kappa shape index (κ2) is 10.5. The van der Waals surface area contributed by atoms with E-state index in [0.29, 0.717) is 31.3 Å². The third kappa shape index (κ3) is 5.80. The molecule has 0 saturated heterocycles. The van der Waals surface area contributed by atoms with Gasteiger partial charge in [0.15, 0.2) is 0 Å². The van der Waals surface area contributed by atoms with E-state index in [2.05, 4.69) is 35.7 Å². The number of hydrogen-bond donors (Lipinski definition) is 2. The monoisotopic (exact) mass is 467 g/mol. The molecule has 3 aromatic heterocycles. The van der Waals surface area contributed by atoms with Gasteiger partial charge in [0.1, 0.15) is 30.6 Å². The molecule has 0 aliphatic rings. The number of anilines is 3. The van der Waals surface area contributed by atoms with Crippen molar-refractivity contribution in [2.75, 3.05) is 17.2 Å². The zero-order valence-electron chi connectivity index (χ0n) is 18.7. The van der Waals surface area contributed by atoms with Gasteiger partial charge in [-0.3, -0.25) is 0 Å². The van der Waals surface area contributed by atoms with Gasteiger partial charge >= 0.3 is 0 Å². The Kier molecular flexibility index (Phi) is 6.60. The Morgan fingerprint density at radius 1 is 0.886 bits per heavy atom. The van der Waals surface area contributed by atoms with Gasteiger partial charge in [0.25, 0.3) is 0 Å². The van der Waals surface area contributed by atoms with E-state index in [1.54, 1.807) is 35.7 Å². The fraction of sp³-hybridized carbons (Fsp3) is 0.120. The number of hydrogen-bond acceptors (Lipinski definition) is 8. The molecule has 0 fully saturated rings. The maximum Gasteiger partial charge on any atom is 0.229 e. The van der Waals surface area contributed by atoms with Gasteiger partial charge in [0.05, 0.1) is 6.54 Å². The first-order valence-electron chi connectivity index (χ1n) is 11.0. The van der Waals surface area contributed by atoms with E-state index in [4.69, 9.17) is 4.98 Å². The van der Waals surface area contributed by atoms with Crippen LogP contribution in [-0.2, 0) is 13.0 Å². The minimum atomic E-state index is -0.245. The minimum absolute atomic E-state index is 0.245. The van der Waals surface area contributed by atoms with Crippen LogP contribution in [0.2, 0.25) is 0 Å². The molecule has 0 radical (unpaired) electrons. The van der Waals surface area contributed by atoms with Crippen molar-refractivity contribution in [2.24, 2.45) is 0 Å². The molecule has 35 heavy (non-hydrogen) atoms. The summed E-state index contributed by atoms with van der Waals surface area (Å²) in [5, 5.41) is 10.7. The van der Waals surface area contributed by atoms with Gasteiger partial charge in [-0.2, -0.15) is 10.1 Å². The largest absolute Gasteiger partial charge is 0.369 e. The summed E-state index contributed by atoms with van der Waals surface area (Å²) in [5.41, 5.74) is 4.43. The van der Waals surface area contributed by atoms with Gasteiger partial charge < -0.3 is 10.6 Å². The van der Waals surface area contributed by atoms with Crippen molar-refractivity contribution in [1.29, 1.82) is 0 Å². The van der Waals surface area contributed by atoms with Gasteiger partial charge in [0, 0.05) is 41.9 Å². The van der Waals surface area contributed by atoms with Crippen LogP contribution in [0.25, 0.3) is 11.1 Å². The van der Waals surface area contributed by atoms with E-state index in [-0.39, 0.29) is 5.82 Å². The minimum Gasteiger partial charge on any atom is -0.369 e. The highest BCUT2D eigenvalue weighted by Gasteiger charge is 2.11. The predicted octanol–water partition coefficient (Wildman–Crippen LogP) is 4.11. The van der Waals surface area contributed by atoms with E-state index in [1.165, 1.54) is 24.8 Å². The normalized spacial score (nSPS) is 10.8. The molecule has 0 spiro atoms. The number of nitrogens with zero attached hydrogens (tertiary/aromatic N) is 7. The van der Waals surface area contributed by atoms with E-state index in [9.17, 15) is 4.39 Å². The molecule has 0 saturated carbocycles. The van der Waals surface area contributed by atoms with Crippen molar-refractivity contribution in [1.82, 2.24) is 34.7 Å². The van der Waals surface area contributed by atoms with Crippen LogP contribution in [0.1, 0.15) is 11.1 Å². The van der Waals surface area contributed by atoms with Gasteiger partial charge in [-0.25, -0.2) is 29.0 Å². The fourth-order valence-electron chi connectivity index (χ4n) is 3.57. The van der Waals surface area contributed by atoms with Gasteiger partial charge in [-0.15, -0.1) is 0 Å². The molecule has 0 bridgehead atoms.